The van der Waals surface area contributed by atoms with Crippen molar-refractivity contribution in [1.29, 1.82) is 0 Å². The maximum atomic E-state index is 10.4. The molecule has 0 aliphatic heterocycles. The summed E-state index contributed by atoms with van der Waals surface area (Å²) in [5, 5.41) is 0. The van der Waals surface area contributed by atoms with Gasteiger partial charge in [0, 0.05) is 0 Å². The maximum Gasteiger partial charge on any atom is 0.404 e. The first-order valence-corrected chi connectivity index (χ1v) is 6.08. The van der Waals surface area contributed by atoms with Gasteiger partial charge in [0.1, 0.15) is 13.2 Å². The summed E-state index contributed by atoms with van der Waals surface area (Å²) in [7, 11) is 0. The molecule has 0 heterocycles. The third-order valence-corrected chi connectivity index (χ3v) is 1.86. The molecule has 0 atom stereocenters. The van der Waals surface area contributed by atoms with Gasteiger partial charge in [0.05, 0.1) is 5.66 Å². The minimum absolute atomic E-state index is 0.0353. The summed E-state index contributed by atoms with van der Waals surface area (Å²) in [4.78, 5) is 20.9. The van der Waals surface area contributed by atoms with Crippen molar-refractivity contribution < 1.29 is 19.1 Å². The summed E-state index contributed by atoms with van der Waals surface area (Å²) in [5.41, 5.74) is 20.9. The molecule has 0 unspecified atom stereocenters. The number of benzene rings is 1. The Balaban J connectivity index is 0.000000690. The van der Waals surface area contributed by atoms with Gasteiger partial charge in [0.2, 0.25) is 0 Å². The first kappa shape index (κ1) is 18.7. The van der Waals surface area contributed by atoms with E-state index in [1.165, 1.54) is 0 Å². The van der Waals surface area contributed by atoms with Crippen LogP contribution >= 0.6 is 0 Å². The van der Waals surface area contributed by atoms with E-state index in [9.17, 15) is 9.59 Å². The third-order valence-electron chi connectivity index (χ3n) is 1.86. The van der Waals surface area contributed by atoms with Crippen LogP contribution in [-0.4, -0.2) is 17.8 Å². The summed E-state index contributed by atoms with van der Waals surface area (Å²) >= 11 is 0. The molecule has 0 radical (unpaired) electrons. The lowest BCUT2D eigenvalue weighted by Gasteiger charge is -2.08. The lowest BCUT2D eigenvalue weighted by atomic mass is 10.1. The van der Waals surface area contributed by atoms with Crippen molar-refractivity contribution in [3.8, 4) is 0 Å². The van der Waals surface area contributed by atoms with Gasteiger partial charge in [-0.05, 0) is 25.0 Å². The Hall–Kier alpha value is -2.32. The van der Waals surface area contributed by atoms with Gasteiger partial charge < -0.3 is 32.4 Å². The van der Waals surface area contributed by atoms with E-state index < -0.39 is 17.8 Å². The van der Waals surface area contributed by atoms with E-state index in [1.54, 1.807) is 38.1 Å². The molecule has 1 aromatic rings. The number of primary amides is 2. The summed E-state index contributed by atoms with van der Waals surface area (Å²) < 4.78 is 9.29. The molecule has 0 spiro atoms. The van der Waals surface area contributed by atoms with Crippen LogP contribution in [0, 0.1) is 0 Å². The Morgan fingerprint density at radius 3 is 1.48 bits per heavy atom. The predicted octanol–water partition coefficient (Wildman–Crippen LogP) is 0.517. The van der Waals surface area contributed by atoms with Crippen LogP contribution in [0.4, 0.5) is 9.59 Å². The zero-order chi connectivity index (χ0) is 16.5. The number of carbonyl (C=O) groups is 2. The lowest BCUT2D eigenvalue weighted by molar-refractivity contribution is 0.142. The van der Waals surface area contributed by atoms with E-state index in [4.69, 9.17) is 22.9 Å². The second kappa shape index (κ2) is 8.77. The van der Waals surface area contributed by atoms with Crippen LogP contribution in [0.5, 0.6) is 0 Å². The highest BCUT2D eigenvalue weighted by atomic mass is 16.5. The predicted molar refractivity (Wildman–Crippen MR) is 77.6 cm³/mol. The van der Waals surface area contributed by atoms with Gasteiger partial charge in [-0.2, -0.15) is 0 Å². The molecule has 8 heteroatoms. The normalized spacial score (nSPS) is 10.1. The van der Waals surface area contributed by atoms with E-state index in [1.807, 2.05) is 0 Å². The van der Waals surface area contributed by atoms with Crippen molar-refractivity contribution >= 4 is 12.2 Å². The molecule has 0 aliphatic rings. The van der Waals surface area contributed by atoms with Gasteiger partial charge >= 0.3 is 12.2 Å². The molecule has 0 bridgehead atoms. The minimum atomic E-state index is -0.856. The number of amides is 2. The summed E-state index contributed by atoms with van der Waals surface area (Å²) in [6, 6.07) is 7.02. The molecule has 1 aromatic carbocycles. The van der Waals surface area contributed by atoms with Gasteiger partial charge in [0.25, 0.3) is 0 Å². The molecule has 21 heavy (non-hydrogen) atoms. The zero-order valence-electron chi connectivity index (χ0n) is 12.2. The van der Waals surface area contributed by atoms with Crippen LogP contribution in [0.1, 0.15) is 25.0 Å². The molecule has 2 amide bonds. The molecule has 0 fully saturated rings. The Kier molecular flexibility index (Phi) is 7.80. The minimum Gasteiger partial charge on any atom is -0.445 e. The Morgan fingerprint density at radius 2 is 1.24 bits per heavy atom. The van der Waals surface area contributed by atoms with Crippen molar-refractivity contribution in [2.45, 2.75) is 32.7 Å². The Labute approximate surface area is 123 Å². The highest BCUT2D eigenvalue weighted by Gasteiger charge is 2.05. The monoisotopic (exact) mass is 298 g/mol. The fraction of sp³-hybridized carbons (Fsp3) is 0.385. The summed E-state index contributed by atoms with van der Waals surface area (Å²) in [5.74, 6) is 0. The highest BCUT2D eigenvalue weighted by molar-refractivity contribution is 5.65. The van der Waals surface area contributed by atoms with Gasteiger partial charge in [-0.3, -0.25) is 0 Å². The van der Waals surface area contributed by atoms with Crippen molar-refractivity contribution in [3.05, 3.63) is 35.4 Å². The van der Waals surface area contributed by atoms with Crippen LogP contribution in [0.3, 0.4) is 0 Å². The molecule has 0 saturated carbocycles. The van der Waals surface area contributed by atoms with Gasteiger partial charge in [-0.1, -0.05) is 24.3 Å². The molecule has 0 aliphatic carbocycles. The topological polar surface area (TPSA) is 157 Å². The molecule has 8 N–H and O–H groups in total. The van der Waals surface area contributed by atoms with Gasteiger partial charge in [0.15, 0.2) is 0 Å². The molecular formula is C13H22N4O4. The largest absolute Gasteiger partial charge is 0.445 e. The fourth-order valence-electron chi connectivity index (χ4n) is 1.14. The van der Waals surface area contributed by atoms with Crippen molar-refractivity contribution in [2.75, 3.05) is 0 Å². The van der Waals surface area contributed by atoms with Crippen LogP contribution in [0.2, 0.25) is 0 Å². The highest BCUT2D eigenvalue weighted by Crippen LogP contribution is 2.11. The van der Waals surface area contributed by atoms with Gasteiger partial charge in [-0.15, -0.1) is 0 Å². The second-order valence-electron chi connectivity index (χ2n) is 4.81. The molecule has 118 valence electrons. The summed E-state index contributed by atoms with van der Waals surface area (Å²) in [6.07, 6.45) is -1.71. The second-order valence-corrected chi connectivity index (χ2v) is 4.81. The average Bonchev–Trinajstić information content (AvgIpc) is 2.32. The van der Waals surface area contributed by atoms with Crippen LogP contribution in [0.15, 0.2) is 24.3 Å². The molecule has 1 rings (SSSR count). The van der Waals surface area contributed by atoms with Crippen LogP contribution in [0.25, 0.3) is 0 Å². The molecule has 8 nitrogen and oxygen atoms in total. The quantitative estimate of drug-likeness (QED) is 0.593. The standard InChI is InChI=1S/C10H12N2O4.C3H10N2/c11-9(13)15-5-7-3-1-2-4-8(7)6-16-10(12)14;1-3(2,4)5/h1-4H,5-6H2,(H2,11,13)(H2,12,14);4-5H2,1-2H3. The number of nitrogens with two attached hydrogens (primary N) is 4. The number of hydrogen-bond acceptors (Lipinski definition) is 6. The van der Waals surface area contributed by atoms with Crippen molar-refractivity contribution in [3.63, 3.8) is 0 Å². The average molecular weight is 298 g/mol. The zero-order valence-corrected chi connectivity index (χ0v) is 12.2. The maximum absolute atomic E-state index is 10.4. The smallest absolute Gasteiger partial charge is 0.404 e. The molecule has 0 saturated heterocycles. The first-order chi connectivity index (χ1) is 9.59. The van der Waals surface area contributed by atoms with E-state index in [2.05, 4.69) is 9.47 Å². The first-order valence-electron chi connectivity index (χ1n) is 6.08. The van der Waals surface area contributed by atoms with E-state index in [0.717, 1.165) is 0 Å². The van der Waals surface area contributed by atoms with E-state index in [-0.39, 0.29) is 13.2 Å². The lowest BCUT2D eigenvalue weighted by Crippen LogP contribution is -2.42. The number of hydrogen-bond donors (Lipinski definition) is 4. The van der Waals surface area contributed by atoms with E-state index in [0.29, 0.717) is 11.1 Å². The fourth-order valence-corrected chi connectivity index (χ4v) is 1.14. The van der Waals surface area contributed by atoms with Crippen molar-refractivity contribution in [2.24, 2.45) is 22.9 Å². The molecular weight excluding hydrogens is 276 g/mol. The number of ether oxygens (including phenoxy) is 2. The van der Waals surface area contributed by atoms with Crippen molar-refractivity contribution in [1.82, 2.24) is 0 Å². The van der Waals surface area contributed by atoms with E-state index >= 15 is 0 Å². The molecule has 0 aromatic heterocycles. The van der Waals surface area contributed by atoms with Gasteiger partial charge in [-0.25, -0.2) is 9.59 Å². The SMILES string of the molecule is CC(C)(N)N.NC(=O)OCc1ccccc1COC(N)=O. The third kappa shape index (κ3) is 12.5. The Bertz CT molecular complexity index is 428. The van der Waals surface area contributed by atoms with Crippen LogP contribution in [-0.2, 0) is 22.7 Å². The number of carbonyl (C=O) groups excluding carboxylic acids is 2. The Morgan fingerprint density at radius 1 is 0.952 bits per heavy atom. The summed E-state index contributed by atoms with van der Waals surface area (Å²) in [6.45, 7) is 3.56. The van der Waals surface area contributed by atoms with Crippen LogP contribution < -0.4 is 22.9 Å². The number of rotatable bonds is 4.